The van der Waals surface area contributed by atoms with E-state index in [1.54, 1.807) is 19.1 Å². The molecular formula is C15H20O4S. The predicted octanol–water partition coefficient (Wildman–Crippen LogP) is 2.44. The second-order valence-corrected chi connectivity index (χ2v) is 6.19. The van der Waals surface area contributed by atoms with Gasteiger partial charge in [-0.2, -0.15) is 0 Å². The number of hydrogen-bond donors (Lipinski definition) is 0. The minimum absolute atomic E-state index is 0.153. The van der Waals surface area contributed by atoms with E-state index in [1.807, 2.05) is 12.1 Å². The van der Waals surface area contributed by atoms with Crippen LogP contribution in [0.3, 0.4) is 0 Å². The molecule has 0 amide bonds. The lowest BCUT2D eigenvalue weighted by molar-refractivity contribution is -0.145. The predicted molar refractivity (Wildman–Crippen MR) is 78.1 cm³/mol. The minimum Gasteiger partial charge on any atom is -0.466 e. The lowest BCUT2D eigenvalue weighted by atomic mass is 10.0. The topological polar surface area (TPSA) is 60.4 Å². The maximum atomic E-state index is 12.0. The highest BCUT2D eigenvalue weighted by molar-refractivity contribution is 7.85. The van der Waals surface area contributed by atoms with E-state index in [0.717, 1.165) is 5.56 Å². The highest BCUT2D eigenvalue weighted by Crippen LogP contribution is 2.16. The molecule has 0 aliphatic heterocycles. The first-order chi connectivity index (χ1) is 9.43. The first-order valence-corrected chi connectivity index (χ1v) is 7.91. The van der Waals surface area contributed by atoms with Gasteiger partial charge in [-0.3, -0.25) is 13.8 Å². The monoisotopic (exact) mass is 296 g/mol. The molecule has 110 valence electrons. The van der Waals surface area contributed by atoms with Crippen molar-refractivity contribution in [3.05, 3.63) is 29.8 Å². The summed E-state index contributed by atoms with van der Waals surface area (Å²) in [6, 6.07) is 7.35. The number of rotatable bonds is 7. The number of carbonyl (C=O) groups is 2. The normalized spacial score (nSPS) is 12.2. The van der Waals surface area contributed by atoms with Gasteiger partial charge in [0.2, 0.25) is 0 Å². The molecule has 1 unspecified atom stereocenters. The number of hydrogen-bond acceptors (Lipinski definition) is 4. The van der Waals surface area contributed by atoms with Gasteiger partial charge in [0.25, 0.3) is 0 Å². The maximum absolute atomic E-state index is 12.0. The fourth-order valence-corrected chi connectivity index (χ4v) is 2.66. The van der Waals surface area contributed by atoms with Gasteiger partial charge in [-0.1, -0.05) is 26.0 Å². The van der Waals surface area contributed by atoms with Crippen molar-refractivity contribution in [3.8, 4) is 0 Å². The molecule has 0 aliphatic rings. The zero-order valence-corrected chi connectivity index (χ0v) is 12.9. The molecule has 1 aromatic carbocycles. The summed E-state index contributed by atoms with van der Waals surface area (Å²) >= 11 is 0. The van der Waals surface area contributed by atoms with E-state index in [1.165, 1.54) is 0 Å². The third kappa shape index (κ3) is 5.25. The maximum Gasteiger partial charge on any atom is 0.313 e. The zero-order valence-electron chi connectivity index (χ0n) is 12.0. The lowest BCUT2D eigenvalue weighted by Crippen LogP contribution is -2.17. The fraction of sp³-hybridized carbons (Fsp3) is 0.467. The molecule has 0 fully saturated rings. The average molecular weight is 296 g/mol. The van der Waals surface area contributed by atoms with E-state index in [-0.39, 0.29) is 24.6 Å². The van der Waals surface area contributed by atoms with E-state index in [4.69, 9.17) is 0 Å². The van der Waals surface area contributed by atoms with Gasteiger partial charge in [-0.05, 0) is 30.5 Å². The Morgan fingerprint density at radius 3 is 2.30 bits per heavy atom. The molecule has 1 atom stereocenters. The highest BCUT2D eigenvalue weighted by Gasteiger charge is 2.15. The molecule has 1 rings (SSSR count). The van der Waals surface area contributed by atoms with Gasteiger partial charge in [-0.25, -0.2) is 0 Å². The van der Waals surface area contributed by atoms with Crippen molar-refractivity contribution in [1.82, 2.24) is 0 Å². The Kier molecular flexibility index (Phi) is 6.58. The summed E-state index contributed by atoms with van der Waals surface area (Å²) in [5, 5.41) is 0. The third-order valence-electron chi connectivity index (χ3n) is 2.75. The van der Waals surface area contributed by atoms with Crippen molar-refractivity contribution in [2.45, 2.75) is 38.0 Å². The van der Waals surface area contributed by atoms with Crippen LogP contribution in [0.25, 0.3) is 0 Å². The number of Topliss-reactive ketones (excluding diaryl/α,β-unsaturated/α-hetero) is 1. The average Bonchev–Trinajstić information content (AvgIpc) is 2.38. The molecule has 0 N–H and O–H groups in total. The molecule has 5 heteroatoms. The second kappa shape index (κ2) is 7.94. The SMILES string of the molecule is CCOC(=O)CC(=O)CS(=O)c1ccc(C(C)C)cc1. The Bertz CT molecular complexity index is 491. The lowest BCUT2D eigenvalue weighted by Gasteiger charge is -2.06. The van der Waals surface area contributed by atoms with Crippen LogP contribution in [0.2, 0.25) is 0 Å². The van der Waals surface area contributed by atoms with Crippen molar-refractivity contribution in [2.75, 3.05) is 12.4 Å². The van der Waals surface area contributed by atoms with Crippen LogP contribution in [0.4, 0.5) is 0 Å². The molecule has 0 aliphatic carbocycles. The molecule has 0 saturated heterocycles. The molecule has 0 saturated carbocycles. The van der Waals surface area contributed by atoms with E-state index in [9.17, 15) is 13.8 Å². The molecule has 0 heterocycles. The van der Waals surface area contributed by atoms with E-state index in [2.05, 4.69) is 18.6 Å². The van der Waals surface area contributed by atoms with E-state index in [0.29, 0.717) is 10.8 Å². The number of ether oxygens (including phenoxy) is 1. The minimum atomic E-state index is -1.41. The third-order valence-corrected chi connectivity index (χ3v) is 4.13. The van der Waals surface area contributed by atoms with Crippen LogP contribution < -0.4 is 0 Å². The number of carbonyl (C=O) groups excluding carboxylic acids is 2. The van der Waals surface area contributed by atoms with Gasteiger partial charge in [0.1, 0.15) is 6.42 Å². The van der Waals surface area contributed by atoms with Gasteiger partial charge >= 0.3 is 5.97 Å². The first-order valence-electron chi connectivity index (χ1n) is 6.59. The van der Waals surface area contributed by atoms with Crippen molar-refractivity contribution >= 4 is 22.6 Å². The summed E-state index contributed by atoms with van der Waals surface area (Å²) in [6.45, 7) is 6.08. The van der Waals surface area contributed by atoms with Crippen LogP contribution in [-0.4, -0.2) is 28.3 Å². The van der Waals surface area contributed by atoms with Crippen molar-refractivity contribution in [2.24, 2.45) is 0 Å². The van der Waals surface area contributed by atoms with Gasteiger partial charge in [0.15, 0.2) is 5.78 Å². The van der Waals surface area contributed by atoms with Crippen molar-refractivity contribution in [3.63, 3.8) is 0 Å². The molecule has 0 bridgehead atoms. The van der Waals surface area contributed by atoms with Crippen LogP contribution in [0.1, 0.15) is 38.7 Å². The second-order valence-electron chi connectivity index (χ2n) is 4.73. The van der Waals surface area contributed by atoms with Gasteiger partial charge in [0, 0.05) is 4.90 Å². The summed E-state index contributed by atoms with van der Waals surface area (Å²) in [6.07, 6.45) is -0.316. The molecule has 0 spiro atoms. The Hall–Kier alpha value is -1.49. The Labute approximate surface area is 122 Å². The quantitative estimate of drug-likeness (QED) is 0.573. The number of benzene rings is 1. The smallest absolute Gasteiger partial charge is 0.313 e. The van der Waals surface area contributed by atoms with Crippen molar-refractivity contribution < 1.29 is 18.5 Å². The largest absolute Gasteiger partial charge is 0.466 e. The molecule has 0 radical (unpaired) electrons. The van der Waals surface area contributed by atoms with Gasteiger partial charge in [-0.15, -0.1) is 0 Å². The molecule has 1 aromatic rings. The molecule has 0 aromatic heterocycles. The number of ketones is 1. The summed E-state index contributed by atoms with van der Waals surface area (Å²) in [5.41, 5.74) is 1.16. The van der Waals surface area contributed by atoms with Crippen LogP contribution >= 0.6 is 0 Å². The van der Waals surface area contributed by atoms with Crippen LogP contribution in [0, 0.1) is 0 Å². The van der Waals surface area contributed by atoms with Crippen LogP contribution in [0.15, 0.2) is 29.2 Å². The summed E-state index contributed by atoms with van der Waals surface area (Å²) in [4.78, 5) is 23.3. The Balaban J connectivity index is 2.58. The summed E-state index contributed by atoms with van der Waals surface area (Å²) in [7, 11) is -1.41. The summed E-state index contributed by atoms with van der Waals surface area (Å²) < 4.78 is 16.7. The fourth-order valence-electron chi connectivity index (χ4n) is 1.66. The van der Waals surface area contributed by atoms with Crippen LogP contribution in [-0.2, 0) is 25.1 Å². The molecular weight excluding hydrogens is 276 g/mol. The van der Waals surface area contributed by atoms with Crippen LogP contribution in [0.5, 0.6) is 0 Å². The Morgan fingerprint density at radius 1 is 1.20 bits per heavy atom. The first kappa shape index (κ1) is 16.6. The molecule has 4 nitrogen and oxygen atoms in total. The highest BCUT2D eigenvalue weighted by atomic mass is 32.2. The molecule has 20 heavy (non-hydrogen) atoms. The zero-order chi connectivity index (χ0) is 15.1. The number of esters is 1. The summed E-state index contributed by atoms with van der Waals surface area (Å²) in [5.74, 6) is -0.679. The van der Waals surface area contributed by atoms with E-state index >= 15 is 0 Å². The van der Waals surface area contributed by atoms with Gasteiger partial charge in [0.05, 0.1) is 23.2 Å². The van der Waals surface area contributed by atoms with Crippen molar-refractivity contribution in [1.29, 1.82) is 0 Å². The van der Waals surface area contributed by atoms with E-state index < -0.39 is 16.8 Å². The standard InChI is InChI=1S/C15H20O4S/c1-4-19-15(17)9-13(16)10-20(18)14-7-5-12(6-8-14)11(2)3/h5-8,11H,4,9-10H2,1-3H3. The van der Waals surface area contributed by atoms with Gasteiger partial charge < -0.3 is 4.74 Å². The Morgan fingerprint density at radius 2 is 1.80 bits per heavy atom.